The van der Waals surface area contributed by atoms with Crippen molar-refractivity contribution in [3.8, 4) is 5.75 Å². The minimum absolute atomic E-state index is 0.628. The van der Waals surface area contributed by atoms with Gasteiger partial charge >= 0.3 is 0 Å². The molecule has 0 N–H and O–H groups in total. The molecule has 41 heavy (non-hydrogen) atoms. The fraction of sp³-hybridized carbons (Fsp3) is 0.605. The molecule has 1 aromatic heterocycles. The van der Waals surface area contributed by atoms with Crippen LogP contribution in [0.25, 0.3) is 12.2 Å². The third-order valence-corrected chi connectivity index (χ3v) is 7.96. The van der Waals surface area contributed by atoms with Gasteiger partial charge in [-0.1, -0.05) is 114 Å². The maximum absolute atomic E-state index is 6.00. The van der Waals surface area contributed by atoms with Crippen molar-refractivity contribution < 1.29 is 9.47 Å². The number of allylic oxidation sites excluding steroid dienone is 2. The molecule has 1 heterocycles. The summed E-state index contributed by atoms with van der Waals surface area (Å²) in [6.45, 7) is 10.4. The molecule has 0 aliphatic carbocycles. The number of ether oxygens (including phenoxy) is 2. The smallest absolute Gasteiger partial charge is 0.118 e. The van der Waals surface area contributed by atoms with Crippen molar-refractivity contribution in [2.45, 2.75) is 137 Å². The monoisotopic (exact) mass is 561 g/mol. The average molecular weight is 562 g/mol. The van der Waals surface area contributed by atoms with Gasteiger partial charge in [-0.25, -0.2) is 0 Å². The lowest BCUT2D eigenvalue weighted by atomic mass is 9.96. The molecule has 0 aliphatic rings. The maximum Gasteiger partial charge on any atom is 0.118 e. The van der Waals surface area contributed by atoms with Crippen LogP contribution < -0.4 is 4.74 Å². The molecule has 0 spiro atoms. The lowest BCUT2D eigenvalue weighted by Crippen LogP contribution is -2.05. The second-order valence-electron chi connectivity index (χ2n) is 11.5. The third kappa shape index (κ3) is 14.4. The topological polar surface area (TPSA) is 31.4 Å². The molecular formula is C38H59NO2. The molecule has 0 unspecified atom stereocenters. The molecule has 0 amide bonds. The van der Waals surface area contributed by atoms with Crippen molar-refractivity contribution >= 4 is 12.2 Å². The summed E-state index contributed by atoms with van der Waals surface area (Å²) in [5.74, 6) is 0.878. The number of pyridine rings is 1. The average Bonchev–Trinajstić information content (AvgIpc) is 2.98. The van der Waals surface area contributed by atoms with Gasteiger partial charge in [0.05, 0.1) is 13.7 Å². The Bertz CT molecular complexity index is 1010. The highest BCUT2D eigenvalue weighted by Gasteiger charge is 2.12. The molecule has 0 bridgehead atoms. The molecule has 0 atom stereocenters. The molecule has 0 fully saturated rings. The van der Waals surface area contributed by atoms with Crippen LogP contribution in [0, 0.1) is 13.8 Å². The Kier molecular flexibility index (Phi) is 18.9. The van der Waals surface area contributed by atoms with Crippen molar-refractivity contribution in [1.29, 1.82) is 0 Å². The fourth-order valence-corrected chi connectivity index (χ4v) is 5.35. The fourth-order valence-electron chi connectivity index (χ4n) is 5.35. The van der Waals surface area contributed by atoms with E-state index in [0.717, 1.165) is 43.7 Å². The molecule has 0 aliphatic heterocycles. The summed E-state index contributed by atoms with van der Waals surface area (Å²) >= 11 is 0. The Morgan fingerprint density at radius 2 is 1.24 bits per heavy atom. The number of hydrogen-bond donors (Lipinski definition) is 0. The van der Waals surface area contributed by atoms with E-state index in [9.17, 15) is 0 Å². The summed E-state index contributed by atoms with van der Waals surface area (Å²) in [5.41, 5.74) is 7.51. The standard InChI is InChI=1S/C38H59NO2/c1-6-8-10-12-14-16-18-20-23-36-32(3)37(24-21-19-17-15-13-11-9-7-2)38(39-33(36)4)25-22-30-41-31-34-26-28-35(40-5)29-27-34/h20-21,23-24,26-29H,6-19,22,25,30-31H2,1-5H3/b23-20-,24-21+. The van der Waals surface area contributed by atoms with E-state index in [-0.39, 0.29) is 0 Å². The quantitative estimate of drug-likeness (QED) is 0.126. The van der Waals surface area contributed by atoms with Gasteiger partial charge in [-0.2, -0.15) is 0 Å². The van der Waals surface area contributed by atoms with E-state index in [0.29, 0.717) is 6.61 Å². The molecule has 3 heteroatoms. The molecule has 1 aromatic carbocycles. The van der Waals surface area contributed by atoms with Crippen LogP contribution in [0.5, 0.6) is 5.75 Å². The molecule has 228 valence electrons. The maximum atomic E-state index is 6.00. The second kappa shape index (κ2) is 22.2. The van der Waals surface area contributed by atoms with Gasteiger partial charge in [0.15, 0.2) is 0 Å². The summed E-state index contributed by atoms with van der Waals surface area (Å²) in [5, 5.41) is 0. The molecule has 3 nitrogen and oxygen atoms in total. The van der Waals surface area contributed by atoms with Crippen LogP contribution in [-0.4, -0.2) is 18.7 Å². The Labute approximate surface area is 252 Å². The first kappa shape index (κ1) is 34.8. The number of hydrogen-bond acceptors (Lipinski definition) is 3. The normalized spacial score (nSPS) is 11.7. The Morgan fingerprint density at radius 1 is 0.683 bits per heavy atom. The number of methoxy groups -OCH3 is 1. The Hall–Kier alpha value is -2.39. The van der Waals surface area contributed by atoms with Gasteiger partial charge < -0.3 is 9.47 Å². The molecule has 0 saturated heterocycles. The van der Waals surface area contributed by atoms with Crippen molar-refractivity contribution in [1.82, 2.24) is 4.98 Å². The van der Waals surface area contributed by atoms with Crippen molar-refractivity contribution in [2.75, 3.05) is 13.7 Å². The van der Waals surface area contributed by atoms with Crippen LogP contribution in [0.2, 0.25) is 0 Å². The number of benzene rings is 1. The van der Waals surface area contributed by atoms with Gasteiger partial charge in [0, 0.05) is 18.0 Å². The molecular weight excluding hydrogens is 502 g/mol. The summed E-state index contributed by atoms with van der Waals surface area (Å²) in [4.78, 5) is 5.13. The first-order chi connectivity index (χ1) is 20.1. The van der Waals surface area contributed by atoms with Gasteiger partial charge in [0.2, 0.25) is 0 Å². The number of unbranched alkanes of at least 4 members (excludes halogenated alkanes) is 12. The SMILES string of the molecule is CCCCCCCC/C=C\c1c(C)nc(CCCOCc2ccc(OC)cc2)c(/C=C/CCCCCCCC)c1C. The van der Waals surface area contributed by atoms with E-state index in [1.54, 1.807) is 7.11 Å². The minimum atomic E-state index is 0.628. The number of aromatic nitrogens is 1. The van der Waals surface area contributed by atoms with E-state index in [1.807, 2.05) is 12.1 Å². The zero-order chi connectivity index (χ0) is 29.5. The Balaban J connectivity index is 1.98. The minimum Gasteiger partial charge on any atom is -0.497 e. The highest BCUT2D eigenvalue weighted by Crippen LogP contribution is 2.25. The van der Waals surface area contributed by atoms with Crippen molar-refractivity contribution in [3.05, 3.63) is 70.1 Å². The van der Waals surface area contributed by atoms with Crippen LogP contribution in [-0.2, 0) is 17.8 Å². The van der Waals surface area contributed by atoms with Gasteiger partial charge in [0.25, 0.3) is 0 Å². The molecule has 0 saturated carbocycles. The second-order valence-corrected chi connectivity index (χ2v) is 11.5. The van der Waals surface area contributed by atoms with Crippen LogP contribution in [0.1, 0.15) is 144 Å². The van der Waals surface area contributed by atoms with Gasteiger partial charge in [-0.15, -0.1) is 0 Å². The largest absolute Gasteiger partial charge is 0.497 e. The molecule has 0 radical (unpaired) electrons. The highest BCUT2D eigenvalue weighted by atomic mass is 16.5. The predicted octanol–water partition coefficient (Wildman–Crippen LogP) is 11.4. The summed E-state index contributed by atoms with van der Waals surface area (Å²) in [6.07, 6.45) is 29.7. The van der Waals surface area contributed by atoms with Crippen molar-refractivity contribution in [2.24, 2.45) is 0 Å². The number of aryl methyl sites for hydroxylation is 2. The summed E-state index contributed by atoms with van der Waals surface area (Å²) < 4.78 is 11.3. The third-order valence-electron chi connectivity index (χ3n) is 7.96. The van der Waals surface area contributed by atoms with E-state index in [4.69, 9.17) is 14.5 Å². The molecule has 2 rings (SSSR count). The van der Waals surface area contributed by atoms with Crippen LogP contribution in [0.4, 0.5) is 0 Å². The predicted molar refractivity (Wildman–Crippen MR) is 179 cm³/mol. The van der Waals surface area contributed by atoms with Gasteiger partial charge in [0.1, 0.15) is 5.75 Å². The summed E-state index contributed by atoms with van der Waals surface area (Å²) in [7, 11) is 1.69. The first-order valence-corrected chi connectivity index (χ1v) is 16.6. The van der Waals surface area contributed by atoms with Crippen LogP contribution in [0.15, 0.2) is 36.4 Å². The zero-order valence-electron chi connectivity index (χ0n) is 27.1. The van der Waals surface area contributed by atoms with E-state index in [1.165, 1.54) is 105 Å². The van der Waals surface area contributed by atoms with E-state index in [2.05, 4.69) is 64.1 Å². The number of rotatable bonds is 23. The highest BCUT2D eigenvalue weighted by molar-refractivity contribution is 5.66. The van der Waals surface area contributed by atoms with Gasteiger partial charge in [-0.05, 0) is 86.8 Å². The zero-order valence-corrected chi connectivity index (χ0v) is 27.1. The first-order valence-electron chi connectivity index (χ1n) is 16.6. The molecule has 2 aromatic rings. The Morgan fingerprint density at radius 3 is 1.83 bits per heavy atom. The van der Waals surface area contributed by atoms with Gasteiger partial charge in [-0.3, -0.25) is 4.98 Å². The van der Waals surface area contributed by atoms with E-state index < -0.39 is 0 Å². The lowest BCUT2D eigenvalue weighted by Gasteiger charge is -2.15. The van der Waals surface area contributed by atoms with Crippen LogP contribution >= 0.6 is 0 Å². The van der Waals surface area contributed by atoms with Crippen LogP contribution in [0.3, 0.4) is 0 Å². The lowest BCUT2D eigenvalue weighted by molar-refractivity contribution is 0.118. The summed E-state index contributed by atoms with van der Waals surface area (Å²) in [6, 6.07) is 8.11. The van der Waals surface area contributed by atoms with E-state index >= 15 is 0 Å². The van der Waals surface area contributed by atoms with Crippen molar-refractivity contribution in [3.63, 3.8) is 0 Å². The number of nitrogens with zero attached hydrogens (tertiary/aromatic N) is 1.